The summed E-state index contributed by atoms with van der Waals surface area (Å²) in [5.74, 6) is 5.82. The molecule has 13 nitrogen and oxygen atoms in total. The fraction of sp³-hybridized carbons (Fsp3) is 0.488. The first kappa shape index (κ1) is 52.8. The maximum absolute atomic E-state index is 11.6. The minimum Gasteiger partial charge on any atom is -0.509 e. The number of likely N-dealkylation sites (N-methyl/N-ethyl adjacent to an activating group) is 1. The Kier molecular flexibility index (Phi) is 28.7. The molecule has 55 heavy (non-hydrogen) atoms. The number of carbonyl (C=O) groups is 1. The molecule has 2 aromatic heterocycles. The smallest absolute Gasteiger partial charge is 0.408 e. The second-order valence-electron chi connectivity index (χ2n) is 12.8. The molecule has 3 rings (SSSR count). The van der Waals surface area contributed by atoms with Gasteiger partial charge in [-0.05, 0) is 97.5 Å². The second-order valence-corrected chi connectivity index (χ2v) is 12.8. The van der Waals surface area contributed by atoms with Crippen molar-refractivity contribution in [3.63, 3.8) is 0 Å². The molecule has 3 aromatic rings. The summed E-state index contributed by atoms with van der Waals surface area (Å²) in [5, 5.41) is 35.3. The summed E-state index contributed by atoms with van der Waals surface area (Å²) in [4.78, 5) is 13.8. The van der Waals surface area contributed by atoms with E-state index in [2.05, 4.69) is 74.5 Å². The number of hydrogen-bond acceptors (Lipinski definition) is 11. The number of benzene rings is 1. The number of nitriles is 1. The van der Waals surface area contributed by atoms with E-state index in [1.54, 1.807) is 24.3 Å². The van der Waals surface area contributed by atoms with Crippen molar-refractivity contribution in [1.82, 2.24) is 35.5 Å². The molecule has 1 aromatic carbocycles. The van der Waals surface area contributed by atoms with Crippen molar-refractivity contribution in [3.05, 3.63) is 89.2 Å². The molecule has 2 heterocycles. The summed E-state index contributed by atoms with van der Waals surface area (Å²) in [6, 6.07) is 11.7. The van der Waals surface area contributed by atoms with Crippen LogP contribution in [0.3, 0.4) is 0 Å². The Morgan fingerprint density at radius 3 is 2.36 bits per heavy atom. The molecular formula is C41H62HfN8O5. The minimum atomic E-state index is -0.524. The number of carbonyl (C=O) groups excluding carboxylic acids is 1. The molecule has 14 heteroatoms. The first-order valence-electron chi connectivity index (χ1n) is 17.9. The van der Waals surface area contributed by atoms with Crippen LogP contribution in [0.15, 0.2) is 72.3 Å². The summed E-state index contributed by atoms with van der Waals surface area (Å²) in [7, 11) is 5.87. The molecule has 3 N–H and O–H groups in total. The standard InChI is InChI=1S/C24H36N4O4.C9H15NO.C6H5N3.C2H6.Hf/c1-7-30-22(31-15-9-8-13-25-23(29)32-24(2,3)4)12-14-27(5)18-19-10-11-21-20(16-19)17-26-28(21)6;1-7(2)9(10-4)6-5-8(3)11;1-5-2-3-6(4-7)9-8-5;1-2;/h10-11,16-17,22H,7,12-15,18H2,1-6H3,(H,25,29);5-6,10-11H,3H2,1-2,4H3;2-3H,1H3;1-2H3;/b;6-5-;;;. The van der Waals surface area contributed by atoms with Crippen LogP contribution >= 0.6 is 0 Å². The molecule has 0 aliphatic rings. The molecule has 0 saturated heterocycles. The normalized spacial score (nSPS) is 10.7. The Morgan fingerprint density at radius 1 is 1.13 bits per heavy atom. The van der Waals surface area contributed by atoms with Gasteiger partial charge in [0.05, 0.1) is 24.0 Å². The molecule has 0 bridgehead atoms. The third-order valence-electron chi connectivity index (χ3n) is 6.71. The van der Waals surface area contributed by atoms with Gasteiger partial charge in [0.25, 0.3) is 0 Å². The largest absolute Gasteiger partial charge is 0.509 e. The summed E-state index contributed by atoms with van der Waals surface area (Å²) in [5.41, 5.74) is 5.21. The van der Waals surface area contributed by atoms with E-state index in [1.807, 2.05) is 93.4 Å². The fourth-order valence-electron chi connectivity index (χ4n) is 4.25. The predicted molar refractivity (Wildman–Crippen MR) is 216 cm³/mol. The van der Waals surface area contributed by atoms with E-state index in [4.69, 9.17) is 24.6 Å². The van der Waals surface area contributed by atoms with Gasteiger partial charge in [0.1, 0.15) is 24.0 Å². The van der Waals surface area contributed by atoms with E-state index in [9.17, 15) is 4.79 Å². The monoisotopic (exact) mass is 926 g/mol. The molecular weight excluding hydrogens is 863 g/mol. The number of nitrogens with one attached hydrogen (secondary N) is 2. The van der Waals surface area contributed by atoms with Crippen LogP contribution in [-0.4, -0.2) is 88.4 Å². The Balaban J connectivity index is 0. The number of fused-ring (bicyclic) bond motifs is 1. The molecule has 1 amide bonds. The van der Waals surface area contributed by atoms with Gasteiger partial charge in [-0.3, -0.25) is 4.68 Å². The summed E-state index contributed by atoms with van der Waals surface area (Å²) >= 11 is 0. The first-order chi connectivity index (χ1) is 25.6. The zero-order valence-corrected chi connectivity index (χ0v) is 38.5. The molecule has 0 saturated carbocycles. The zero-order valence-electron chi connectivity index (χ0n) is 34.9. The molecule has 0 aliphatic heterocycles. The number of aliphatic hydroxyl groups is 1. The SMILES string of the molecule is C=C(O)/C=C\C(NC)=C(C)C.CC.CCOC(CCN(C)Cc1ccc2c(cnn2C)c1)OCC#CCNC(=O)OC(C)(C)C.Cc1ccc(C#N)nn1.[Hf]. The number of alkyl carbamates (subject to hydrolysis) is 1. The number of amides is 1. The van der Waals surface area contributed by atoms with Crippen LogP contribution in [0.1, 0.15) is 78.8 Å². The average Bonchev–Trinajstić information content (AvgIpc) is 3.49. The second kappa shape index (κ2) is 29.9. The van der Waals surface area contributed by atoms with Gasteiger partial charge >= 0.3 is 6.09 Å². The van der Waals surface area contributed by atoms with E-state index >= 15 is 0 Å². The van der Waals surface area contributed by atoms with Gasteiger partial charge in [-0.25, -0.2) is 4.79 Å². The average molecular weight is 925 g/mol. The van der Waals surface area contributed by atoms with Crippen molar-refractivity contribution in [2.75, 3.05) is 40.4 Å². The topological polar surface area (TPSA) is 160 Å². The van der Waals surface area contributed by atoms with Gasteiger partial charge in [-0.2, -0.15) is 15.5 Å². The molecule has 0 radical (unpaired) electrons. The number of aliphatic hydroxyl groups excluding tert-OH is 1. The van der Waals surface area contributed by atoms with Gasteiger partial charge in [0, 0.05) is 77.1 Å². The van der Waals surface area contributed by atoms with Gasteiger partial charge in [-0.15, -0.1) is 5.10 Å². The molecule has 0 spiro atoms. The molecule has 300 valence electrons. The number of ether oxygens (including phenoxy) is 3. The summed E-state index contributed by atoms with van der Waals surface area (Å²) in [6.45, 7) is 23.2. The van der Waals surface area contributed by atoms with Crippen molar-refractivity contribution >= 4 is 17.0 Å². The Bertz CT molecular complexity index is 1710. The third-order valence-corrected chi connectivity index (χ3v) is 6.71. The number of rotatable bonds is 13. The molecule has 0 aliphatic carbocycles. The van der Waals surface area contributed by atoms with E-state index in [0.29, 0.717) is 12.3 Å². The van der Waals surface area contributed by atoms with Crippen LogP contribution in [0.5, 0.6) is 0 Å². The molecule has 1 unspecified atom stereocenters. The van der Waals surface area contributed by atoms with E-state index in [-0.39, 0.29) is 51.0 Å². The summed E-state index contributed by atoms with van der Waals surface area (Å²) in [6.07, 6.45) is 5.16. The van der Waals surface area contributed by atoms with Gasteiger partial charge in [-0.1, -0.05) is 43.9 Å². The van der Waals surface area contributed by atoms with Crippen LogP contribution in [0.4, 0.5) is 4.79 Å². The van der Waals surface area contributed by atoms with Crippen molar-refractivity contribution < 1.29 is 50.0 Å². The summed E-state index contributed by atoms with van der Waals surface area (Å²) < 4.78 is 18.5. The van der Waals surface area contributed by atoms with E-state index < -0.39 is 11.7 Å². The zero-order chi connectivity index (χ0) is 41.1. The Morgan fingerprint density at radius 2 is 1.82 bits per heavy atom. The number of allylic oxidation sites excluding steroid dienone is 3. The van der Waals surface area contributed by atoms with Crippen LogP contribution in [0, 0.1) is 30.1 Å². The number of nitrogens with zero attached hydrogens (tertiary/aromatic N) is 6. The quantitative estimate of drug-likeness (QED) is 0.0528. The van der Waals surface area contributed by atoms with Crippen LogP contribution in [0.25, 0.3) is 10.9 Å². The number of aryl methyl sites for hydroxylation is 2. The van der Waals surface area contributed by atoms with Crippen LogP contribution < -0.4 is 10.6 Å². The van der Waals surface area contributed by atoms with Crippen molar-refractivity contribution in [1.29, 1.82) is 5.26 Å². The van der Waals surface area contributed by atoms with Crippen molar-refractivity contribution in [2.24, 2.45) is 7.05 Å². The maximum atomic E-state index is 11.6. The Hall–Kier alpha value is -4.34. The van der Waals surface area contributed by atoms with E-state index in [1.165, 1.54) is 11.1 Å². The number of aromatic nitrogens is 4. The van der Waals surface area contributed by atoms with Crippen molar-refractivity contribution in [3.8, 4) is 17.9 Å². The molecule has 0 fully saturated rings. The molecule has 1 atom stereocenters. The van der Waals surface area contributed by atoms with Gasteiger partial charge in [0.2, 0.25) is 0 Å². The van der Waals surface area contributed by atoms with Gasteiger partial charge < -0.3 is 34.9 Å². The maximum Gasteiger partial charge on any atom is 0.408 e. The Labute approximate surface area is 348 Å². The van der Waals surface area contributed by atoms with Crippen LogP contribution in [0.2, 0.25) is 0 Å². The fourth-order valence-corrected chi connectivity index (χ4v) is 4.25. The third kappa shape index (κ3) is 25.4. The number of hydrogen-bond donors (Lipinski definition) is 3. The van der Waals surface area contributed by atoms with E-state index in [0.717, 1.165) is 41.8 Å². The van der Waals surface area contributed by atoms with Gasteiger partial charge in [0.15, 0.2) is 12.0 Å². The predicted octanol–water partition coefficient (Wildman–Crippen LogP) is 7.11. The van der Waals surface area contributed by atoms with Crippen molar-refractivity contribution in [2.45, 2.75) is 87.2 Å². The first-order valence-corrected chi connectivity index (χ1v) is 17.9. The van der Waals surface area contributed by atoms with Crippen LogP contribution in [-0.2, 0) is 53.6 Å². The minimum absolute atomic E-state index is 0.